The number of hydrogen-bond acceptors (Lipinski definition) is 3. The molecule has 0 amide bonds. The molecule has 0 aliphatic carbocycles. The van der Waals surface area contributed by atoms with Gasteiger partial charge in [0.15, 0.2) is 0 Å². The van der Waals surface area contributed by atoms with Crippen LogP contribution in [0, 0.1) is 0 Å². The molecular formula is C15H22BrN3. The van der Waals surface area contributed by atoms with Crippen LogP contribution < -0.4 is 10.6 Å². The second kappa shape index (κ2) is 5.81. The van der Waals surface area contributed by atoms with Crippen LogP contribution in [0.15, 0.2) is 22.7 Å². The first-order valence-electron chi connectivity index (χ1n) is 7.26. The largest absolute Gasteiger partial charge is 0.370 e. The van der Waals surface area contributed by atoms with E-state index in [1.807, 2.05) is 0 Å². The molecule has 1 unspecified atom stereocenters. The first kappa shape index (κ1) is 13.4. The van der Waals surface area contributed by atoms with Crippen molar-refractivity contribution in [2.45, 2.75) is 31.8 Å². The monoisotopic (exact) mass is 323 g/mol. The Morgan fingerprint density at radius 2 is 2.05 bits per heavy atom. The van der Waals surface area contributed by atoms with Gasteiger partial charge in [-0.1, -0.05) is 22.0 Å². The van der Waals surface area contributed by atoms with E-state index in [9.17, 15) is 0 Å². The lowest BCUT2D eigenvalue weighted by molar-refractivity contribution is 0.273. The number of nitrogens with zero attached hydrogens (tertiary/aromatic N) is 2. The van der Waals surface area contributed by atoms with E-state index in [0.29, 0.717) is 6.54 Å². The number of benzene rings is 1. The van der Waals surface area contributed by atoms with Crippen LogP contribution in [0.25, 0.3) is 0 Å². The van der Waals surface area contributed by atoms with Gasteiger partial charge in [0.05, 0.1) is 0 Å². The Hall–Kier alpha value is -0.580. The third-order valence-corrected chi connectivity index (χ3v) is 5.19. The second-order valence-electron chi connectivity index (χ2n) is 5.57. The van der Waals surface area contributed by atoms with Crippen molar-refractivity contribution >= 4 is 21.6 Å². The van der Waals surface area contributed by atoms with E-state index in [4.69, 9.17) is 5.73 Å². The van der Waals surface area contributed by atoms with Gasteiger partial charge in [0, 0.05) is 47.9 Å². The first-order chi connectivity index (χ1) is 9.29. The first-order valence-corrected chi connectivity index (χ1v) is 8.05. The van der Waals surface area contributed by atoms with Crippen LogP contribution in [0.3, 0.4) is 0 Å². The maximum atomic E-state index is 5.94. The Morgan fingerprint density at radius 3 is 2.89 bits per heavy atom. The summed E-state index contributed by atoms with van der Waals surface area (Å²) in [6.45, 7) is 5.45. The molecule has 104 valence electrons. The summed E-state index contributed by atoms with van der Waals surface area (Å²) in [6, 6.07) is 7.17. The van der Waals surface area contributed by atoms with Crippen molar-refractivity contribution in [3.8, 4) is 0 Å². The Labute approximate surface area is 123 Å². The lowest BCUT2D eigenvalue weighted by Crippen LogP contribution is -2.37. The average Bonchev–Trinajstić information content (AvgIpc) is 2.76. The Bertz CT molecular complexity index is 449. The van der Waals surface area contributed by atoms with Crippen molar-refractivity contribution in [3.05, 3.63) is 28.2 Å². The van der Waals surface area contributed by atoms with Crippen molar-refractivity contribution < 1.29 is 0 Å². The average molecular weight is 324 g/mol. The van der Waals surface area contributed by atoms with Gasteiger partial charge in [-0.3, -0.25) is 4.90 Å². The minimum Gasteiger partial charge on any atom is -0.370 e. The third-order valence-electron chi connectivity index (χ3n) is 4.44. The van der Waals surface area contributed by atoms with Crippen LogP contribution in [0.5, 0.6) is 0 Å². The molecule has 4 heteroatoms. The fourth-order valence-electron chi connectivity index (χ4n) is 3.47. The number of fused-ring (bicyclic) bond motifs is 1. The molecule has 19 heavy (non-hydrogen) atoms. The summed E-state index contributed by atoms with van der Waals surface area (Å²) >= 11 is 3.63. The maximum Gasteiger partial charge on any atom is 0.0423 e. The molecule has 0 aromatic heterocycles. The summed E-state index contributed by atoms with van der Waals surface area (Å²) in [5.74, 6) is 0. The van der Waals surface area contributed by atoms with E-state index in [0.717, 1.165) is 23.6 Å². The number of nitrogens with two attached hydrogens (primary N) is 1. The van der Waals surface area contributed by atoms with Crippen molar-refractivity contribution in [2.75, 3.05) is 31.1 Å². The van der Waals surface area contributed by atoms with E-state index in [-0.39, 0.29) is 0 Å². The summed E-state index contributed by atoms with van der Waals surface area (Å²) in [5, 5.41) is 0. The predicted molar refractivity (Wildman–Crippen MR) is 83.5 cm³/mol. The molecule has 2 aliphatic rings. The van der Waals surface area contributed by atoms with Gasteiger partial charge in [-0.2, -0.15) is 0 Å². The Balaban J connectivity index is 1.87. The highest BCUT2D eigenvalue weighted by atomic mass is 79.9. The molecule has 1 aromatic carbocycles. The summed E-state index contributed by atoms with van der Waals surface area (Å²) in [4.78, 5) is 5.21. The van der Waals surface area contributed by atoms with Gasteiger partial charge in [-0.05, 0) is 37.9 Å². The highest BCUT2D eigenvalue weighted by molar-refractivity contribution is 9.10. The van der Waals surface area contributed by atoms with Crippen molar-refractivity contribution in [1.82, 2.24) is 4.90 Å². The molecule has 2 saturated heterocycles. The molecule has 2 fully saturated rings. The molecule has 1 aromatic rings. The van der Waals surface area contributed by atoms with Gasteiger partial charge in [0.25, 0.3) is 0 Å². The van der Waals surface area contributed by atoms with E-state index in [1.165, 1.54) is 43.6 Å². The second-order valence-corrected chi connectivity index (χ2v) is 6.43. The van der Waals surface area contributed by atoms with Gasteiger partial charge in [-0.25, -0.2) is 0 Å². The standard InChI is InChI=1S/C15H22BrN3/c16-14-5-1-6-15(13(14)10-17)19-9-3-8-18-7-2-4-12(18)11-19/h1,5-6,12H,2-4,7-11,17H2. The molecule has 3 nitrogen and oxygen atoms in total. The quantitative estimate of drug-likeness (QED) is 0.908. The number of anilines is 1. The molecule has 1 atom stereocenters. The summed E-state index contributed by atoms with van der Waals surface area (Å²) in [7, 11) is 0. The minimum atomic E-state index is 0.599. The molecule has 0 saturated carbocycles. The molecule has 0 radical (unpaired) electrons. The molecule has 0 bridgehead atoms. The van der Waals surface area contributed by atoms with Crippen LogP contribution in [-0.4, -0.2) is 37.1 Å². The van der Waals surface area contributed by atoms with E-state index in [1.54, 1.807) is 0 Å². The van der Waals surface area contributed by atoms with Crippen LogP contribution in [0.1, 0.15) is 24.8 Å². The Kier molecular flexibility index (Phi) is 4.10. The zero-order valence-electron chi connectivity index (χ0n) is 11.3. The van der Waals surface area contributed by atoms with Crippen LogP contribution >= 0.6 is 15.9 Å². The summed E-state index contributed by atoms with van der Waals surface area (Å²) in [6.07, 6.45) is 3.97. The smallest absolute Gasteiger partial charge is 0.0423 e. The molecular weight excluding hydrogens is 302 g/mol. The topological polar surface area (TPSA) is 32.5 Å². The number of hydrogen-bond donors (Lipinski definition) is 1. The molecule has 2 aliphatic heterocycles. The Morgan fingerprint density at radius 1 is 1.21 bits per heavy atom. The normalized spacial score (nSPS) is 24.3. The zero-order chi connectivity index (χ0) is 13.2. The van der Waals surface area contributed by atoms with Crippen LogP contribution in [0.4, 0.5) is 5.69 Å². The van der Waals surface area contributed by atoms with Crippen molar-refractivity contribution in [2.24, 2.45) is 5.73 Å². The van der Waals surface area contributed by atoms with Gasteiger partial charge in [0.1, 0.15) is 0 Å². The van der Waals surface area contributed by atoms with Crippen molar-refractivity contribution in [1.29, 1.82) is 0 Å². The lowest BCUT2D eigenvalue weighted by Gasteiger charge is -2.29. The zero-order valence-corrected chi connectivity index (χ0v) is 12.9. The molecule has 0 spiro atoms. The lowest BCUT2D eigenvalue weighted by atomic mass is 10.1. The SMILES string of the molecule is NCc1c(Br)cccc1N1CCCN2CCCC2C1. The van der Waals surface area contributed by atoms with Gasteiger partial charge >= 0.3 is 0 Å². The van der Waals surface area contributed by atoms with Gasteiger partial charge in [0.2, 0.25) is 0 Å². The minimum absolute atomic E-state index is 0.599. The summed E-state index contributed by atoms with van der Waals surface area (Å²) < 4.78 is 1.14. The van der Waals surface area contributed by atoms with Crippen molar-refractivity contribution in [3.63, 3.8) is 0 Å². The highest BCUT2D eigenvalue weighted by Crippen LogP contribution is 2.30. The van der Waals surface area contributed by atoms with Gasteiger partial charge < -0.3 is 10.6 Å². The predicted octanol–water partition coefficient (Wildman–Crippen LogP) is 2.58. The highest BCUT2D eigenvalue weighted by Gasteiger charge is 2.29. The summed E-state index contributed by atoms with van der Waals surface area (Å²) in [5.41, 5.74) is 8.51. The van der Waals surface area contributed by atoms with Gasteiger partial charge in [-0.15, -0.1) is 0 Å². The number of rotatable bonds is 2. The van der Waals surface area contributed by atoms with E-state index in [2.05, 4.69) is 43.9 Å². The molecule has 3 rings (SSSR count). The number of halogens is 1. The molecule has 2 heterocycles. The fraction of sp³-hybridized carbons (Fsp3) is 0.600. The van der Waals surface area contributed by atoms with Crippen LogP contribution in [-0.2, 0) is 6.54 Å². The third kappa shape index (κ3) is 2.67. The molecule has 2 N–H and O–H groups in total. The van der Waals surface area contributed by atoms with E-state index < -0.39 is 0 Å². The van der Waals surface area contributed by atoms with E-state index >= 15 is 0 Å². The fourth-order valence-corrected chi connectivity index (χ4v) is 3.99. The van der Waals surface area contributed by atoms with Crippen LogP contribution in [0.2, 0.25) is 0 Å². The maximum absolute atomic E-state index is 5.94.